The van der Waals surface area contributed by atoms with Gasteiger partial charge in [-0.25, -0.2) is 0 Å². The predicted molar refractivity (Wildman–Crippen MR) is 80.3 cm³/mol. The second-order valence-corrected chi connectivity index (χ2v) is 6.50. The Bertz CT molecular complexity index is 455. The first-order valence-corrected chi connectivity index (χ1v) is 7.99. The highest BCUT2D eigenvalue weighted by atomic mass is 35.5. The number of thioether (sulfide) groups is 1. The summed E-state index contributed by atoms with van der Waals surface area (Å²) in [4.78, 5) is 14.2. The van der Waals surface area contributed by atoms with Crippen LogP contribution in [0.25, 0.3) is 0 Å². The van der Waals surface area contributed by atoms with Crippen LogP contribution in [0.2, 0.25) is 5.02 Å². The van der Waals surface area contributed by atoms with E-state index in [1.807, 2.05) is 36.1 Å². The quantitative estimate of drug-likeness (QED) is 0.843. The normalized spacial score (nSPS) is 23.1. The lowest BCUT2D eigenvalue weighted by molar-refractivity contribution is -0.651. The Labute approximate surface area is 123 Å². The molecule has 2 atom stereocenters. The van der Waals surface area contributed by atoms with Gasteiger partial charge in [-0.15, -0.1) is 11.8 Å². The molecule has 1 fully saturated rings. The molecule has 1 aliphatic heterocycles. The number of quaternary nitrogens is 1. The molecule has 0 aromatic heterocycles. The zero-order valence-electron chi connectivity index (χ0n) is 11.3. The summed E-state index contributed by atoms with van der Waals surface area (Å²) in [6.45, 7) is 6.85. The van der Waals surface area contributed by atoms with Crippen molar-refractivity contribution in [2.45, 2.75) is 24.5 Å². The van der Waals surface area contributed by atoms with Crippen molar-refractivity contribution in [1.29, 1.82) is 0 Å². The number of carbonyl (C=O) groups is 1. The first-order chi connectivity index (χ1) is 9.15. The molecule has 5 heteroatoms. The second kappa shape index (κ2) is 6.64. The molecule has 0 aliphatic carbocycles. The van der Waals surface area contributed by atoms with E-state index < -0.39 is 0 Å². The minimum absolute atomic E-state index is 0.0166. The maximum absolute atomic E-state index is 12.2. The van der Waals surface area contributed by atoms with Gasteiger partial charge in [0.25, 0.3) is 0 Å². The molecule has 1 aliphatic rings. The standard InChI is InChI=1S/C14H19ClN2OS/c1-3-16-8-9-17-13(18)10(2)19-14(17)11-6-4-5-7-12(11)15/h4-7,10,14,16H,3,8-9H2,1-2H3/p+1/t10-,14-/m0/s1. The van der Waals surface area contributed by atoms with Crippen molar-refractivity contribution in [2.24, 2.45) is 0 Å². The highest BCUT2D eigenvalue weighted by molar-refractivity contribution is 8.01. The van der Waals surface area contributed by atoms with E-state index >= 15 is 0 Å². The van der Waals surface area contributed by atoms with Crippen molar-refractivity contribution in [3.05, 3.63) is 34.9 Å². The monoisotopic (exact) mass is 299 g/mol. The Morgan fingerprint density at radius 2 is 2.16 bits per heavy atom. The SMILES string of the molecule is CC[NH2+]CCN1C(=O)[C@H](C)S[C@H]1c1ccccc1Cl. The number of nitrogens with two attached hydrogens (primary N) is 1. The summed E-state index contributed by atoms with van der Waals surface area (Å²) in [7, 11) is 0. The van der Waals surface area contributed by atoms with Crippen molar-refractivity contribution >= 4 is 29.3 Å². The fourth-order valence-electron chi connectivity index (χ4n) is 2.25. The number of rotatable bonds is 5. The average molecular weight is 300 g/mol. The summed E-state index contributed by atoms with van der Waals surface area (Å²) in [6, 6.07) is 7.81. The number of hydrogen-bond donors (Lipinski definition) is 1. The number of nitrogens with zero attached hydrogens (tertiary/aromatic N) is 1. The maximum Gasteiger partial charge on any atom is 0.236 e. The number of halogens is 1. The zero-order chi connectivity index (χ0) is 13.8. The van der Waals surface area contributed by atoms with Crippen LogP contribution in [0.3, 0.4) is 0 Å². The van der Waals surface area contributed by atoms with E-state index in [1.165, 1.54) is 0 Å². The summed E-state index contributed by atoms with van der Waals surface area (Å²) < 4.78 is 0. The van der Waals surface area contributed by atoms with Gasteiger partial charge < -0.3 is 10.2 Å². The lowest BCUT2D eigenvalue weighted by Crippen LogP contribution is -2.85. The van der Waals surface area contributed by atoms with Gasteiger partial charge in [0.05, 0.1) is 24.9 Å². The number of hydrogen-bond acceptors (Lipinski definition) is 2. The average Bonchev–Trinajstić information content (AvgIpc) is 2.68. The molecule has 0 unspecified atom stereocenters. The molecule has 2 N–H and O–H groups in total. The fraction of sp³-hybridized carbons (Fsp3) is 0.500. The molecule has 0 spiro atoms. The number of amides is 1. The minimum Gasteiger partial charge on any atom is -0.345 e. The highest BCUT2D eigenvalue weighted by Crippen LogP contribution is 2.44. The number of likely N-dealkylation sites (N-methyl/N-ethyl adjacent to an activating group) is 1. The summed E-state index contributed by atoms with van der Waals surface area (Å²) in [5.41, 5.74) is 1.04. The number of benzene rings is 1. The van der Waals surface area contributed by atoms with E-state index in [2.05, 4.69) is 12.2 Å². The van der Waals surface area contributed by atoms with Gasteiger partial charge in [0.15, 0.2) is 0 Å². The largest absolute Gasteiger partial charge is 0.345 e. The molecule has 0 saturated carbocycles. The lowest BCUT2D eigenvalue weighted by Gasteiger charge is -2.24. The van der Waals surface area contributed by atoms with Gasteiger partial charge in [-0.3, -0.25) is 4.79 Å². The smallest absolute Gasteiger partial charge is 0.236 e. The molecule has 19 heavy (non-hydrogen) atoms. The third kappa shape index (κ3) is 3.25. The van der Waals surface area contributed by atoms with Gasteiger partial charge in [0.2, 0.25) is 5.91 Å². The van der Waals surface area contributed by atoms with Crippen LogP contribution in [0, 0.1) is 0 Å². The topological polar surface area (TPSA) is 36.9 Å². The van der Waals surface area contributed by atoms with Crippen LogP contribution in [0.1, 0.15) is 24.8 Å². The summed E-state index contributed by atoms with van der Waals surface area (Å²) in [5, 5.41) is 3.03. The van der Waals surface area contributed by atoms with Crippen LogP contribution < -0.4 is 5.32 Å². The van der Waals surface area contributed by atoms with E-state index in [1.54, 1.807) is 11.8 Å². The van der Waals surface area contributed by atoms with Gasteiger partial charge in [-0.2, -0.15) is 0 Å². The third-order valence-corrected chi connectivity index (χ3v) is 5.00. The first kappa shape index (κ1) is 14.7. The molecule has 1 aromatic rings. The molecule has 1 amide bonds. The van der Waals surface area contributed by atoms with Gasteiger partial charge in [-0.1, -0.05) is 29.8 Å². The molecule has 0 bridgehead atoms. The van der Waals surface area contributed by atoms with Gasteiger partial charge in [-0.05, 0) is 19.9 Å². The Hall–Kier alpha value is -0.710. The predicted octanol–water partition coefficient (Wildman–Crippen LogP) is 1.89. The van der Waals surface area contributed by atoms with E-state index in [0.29, 0.717) is 0 Å². The Balaban J connectivity index is 2.17. The van der Waals surface area contributed by atoms with Crippen LogP contribution in [-0.2, 0) is 4.79 Å². The van der Waals surface area contributed by atoms with Crippen LogP contribution in [0.15, 0.2) is 24.3 Å². The highest BCUT2D eigenvalue weighted by Gasteiger charge is 2.39. The van der Waals surface area contributed by atoms with Crippen molar-refractivity contribution in [2.75, 3.05) is 19.6 Å². The van der Waals surface area contributed by atoms with Crippen molar-refractivity contribution in [3.8, 4) is 0 Å². The van der Waals surface area contributed by atoms with E-state index in [9.17, 15) is 4.79 Å². The van der Waals surface area contributed by atoms with Crippen molar-refractivity contribution < 1.29 is 10.1 Å². The van der Waals surface area contributed by atoms with Gasteiger partial charge >= 0.3 is 0 Å². The lowest BCUT2D eigenvalue weighted by atomic mass is 10.2. The van der Waals surface area contributed by atoms with Crippen LogP contribution in [-0.4, -0.2) is 35.7 Å². The molecular formula is C14H20ClN2OS+. The summed E-state index contributed by atoms with van der Waals surface area (Å²) in [5.74, 6) is 0.222. The van der Waals surface area contributed by atoms with E-state index in [4.69, 9.17) is 11.6 Å². The summed E-state index contributed by atoms with van der Waals surface area (Å²) >= 11 is 7.95. The molecule has 3 nitrogen and oxygen atoms in total. The molecule has 1 saturated heterocycles. The second-order valence-electron chi connectivity index (χ2n) is 4.67. The Kier molecular flexibility index (Phi) is 5.13. The molecule has 104 valence electrons. The molecule has 1 aromatic carbocycles. The van der Waals surface area contributed by atoms with Crippen LogP contribution in [0.4, 0.5) is 0 Å². The van der Waals surface area contributed by atoms with Gasteiger partial charge in [0, 0.05) is 10.6 Å². The summed E-state index contributed by atoms with van der Waals surface area (Å²) in [6.07, 6.45) is 0. The maximum atomic E-state index is 12.2. The van der Waals surface area contributed by atoms with Crippen molar-refractivity contribution in [3.63, 3.8) is 0 Å². The Morgan fingerprint density at radius 1 is 1.42 bits per heavy atom. The third-order valence-electron chi connectivity index (χ3n) is 3.28. The van der Waals surface area contributed by atoms with E-state index in [0.717, 1.165) is 30.2 Å². The van der Waals surface area contributed by atoms with Crippen molar-refractivity contribution in [1.82, 2.24) is 4.90 Å². The molecular weight excluding hydrogens is 280 g/mol. The molecule has 2 rings (SSSR count). The molecule has 0 radical (unpaired) electrons. The van der Waals surface area contributed by atoms with Crippen LogP contribution in [0.5, 0.6) is 0 Å². The first-order valence-electron chi connectivity index (χ1n) is 6.67. The van der Waals surface area contributed by atoms with E-state index in [-0.39, 0.29) is 16.5 Å². The van der Waals surface area contributed by atoms with Crippen LogP contribution >= 0.6 is 23.4 Å². The Morgan fingerprint density at radius 3 is 2.84 bits per heavy atom. The molecule has 1 heterocycles. The number of carbonyl (C=O) groups excluding carboxylic acids is 1. The minimum atomic E-state index is 0.0166. The zero-order valence-corrected chi connectivity index (χ0v) is 12.9. The fourth-order valence-corrected chi connectivity index (χ4v) is 3.90. The van der Waals surface area contributed by atoms with Gasteiger partial charge in [0.1, 0.15) is 5.37 Å².